The van der Waals surface area contributed by atoms with Gasteiger partial charge in [-0.15, -0.1) is 0 Å². The summed E-state index contributed by atoms with van der Waals surface area (Å²) in [5.41, 5.74) is 0.615. The van der Waals surface area contributed by atoms with Gasteiger partial charge in [-0.1, -0.05) is 6.07 Å². The van der Waals surface area contributed by atoms with Crippen LogP contribution in [0.5, 0.6) is 5.75 Å². The zero-order valence-corrected chi connectivity index (χ0v) is 13.3. The van der Waals surface area contributed by atoms with Crippen molar-refractivity contribution >= 4 is 11.9 Å². The molecule has 0 saturated carbocycles. The molecular formula is C16H22FN3O3. The van der Waals surface area contributed by atoms with E-state index in [9.17, 15) is 14.0 Å². The number of rotatable bonds is 4. The number of halogens is 1. The maximum Gasteiger partial charge on any atom is 0.315 e. The summed E-state index contributed by atoms with van der Waals surface area (Å²) >= 11 is 0. The molecule has 6 nitrogen and oxygen atoms in total. The molecule has 1 fully saturated rings. The summed E-state index contributed by atoms with van der Waals surface area (Å²) in [6.45, 7) is 2.38. The molecular weight excluding hydrogens is 301 g/mol. The van der Waals surface area contributed by atoms with Crippen molar-refractivity contribution < 1.29 is 18.7 Å². The van der Waals surface area contributed by atoms with E-state index >= 15 is 0 Å². The summed E-state index contributed by atoms with van der Waals surface area (Å²) < 4.78 is 18.6. The molecule has 1 aromatic carbocycles. The van der Waals surface area contributed by atoms with E-state index in [-0.39, 0.29) is 11.7 Å². The number of carbonyl (C=O) groups is 2. The molecule has 126 valence electrons. The van der Waals surface area contributed by atoms with Crippen molar-refractivity contribution in [3.63, 3.8) is 0 Å². The highest BCUT2D eigenvalue weighted by Gasteiger charge is 2.23. The van der Waals surface area contributed by atoms with Crippen LogP contribution in [-0.4, -0.2) is 31.6 Å². The van der Waals surface area contributed by atoms with Gasteiger partial charge in [-0.2, -0.15) is 0 Å². The second kappa shape index (κ2) is 7.80. The molecule has 2 unspecified atom stereocenters. The highest BCUT2D eigenvalue weighted by molar-refractivity contribution is 5.87. The van der Waals surface area contributed by atoms with Gasteiger partial charge in [0.25, 0.3) is 0 Å². The second-order valence-electron chi connectivity index (χ2n) is 5.57. The second-order valence-corrected chi connectivity index (χ2v) is 5.57. The van der Waals surface area contributed by atoms with Crippen LogP contribution in [0.4, 0.5) is 9.18 Å². The van der Waals surface area contributed by atoms with Crippen LogP contribution in [0.3, 0.4) is 0 Å². The first-order valence-electron chi connectivity index (χ1n) is 7.69. The van der Waals surface area contributed by atoms with E-state index in [1.807, 2.05) is 0 Å². The van der Waals surface area contributed by atoms with Gasteiger partial charge >= 0.3 is 6.03 Å². The lowest BCUT2D eigenvalue weighted by atomic mass is 10.1. The third-order valence-electron chi connectivity index (χ3n) is 3.86. The zero-order chi connectivity index (χ0) is 16.8. The molecule has 0 spiro atoms. The van der Waals surface area contributed by atoms with Gasteiger partial charge in [-0.25, -0.2) is 9.18 Å². The summed E-state index contributed by atoms with van der Waals surface area (Å²) in [5.74, 6) is -0.497. The van der Waals surface area contributed by atoms with Crippen LogP contribution >= 0.6 is 0 Å². The number of amides is 3. The quantitative estimate of drug-likeness (QED) is 0.791. The fourth-order valence-electron chi connectivity index (χ4n) is 2.51. The minimum atomic E-state index is -0.530. The third kappa shape index (κ3) is 4.58. The van der Waals surface area contributed by atoms with Gasteiger partial charge in [0.15, 0.2) is 11.6 Å². The molecule has 3 amide bonds. The summed E-state index contributed by atoms with van der Waals surface area (Å²) in [6, 6.07) is 3.14. The van der Waals surface area contributed by atoms with E-state index in [0.717, 1.165) is 12.8 Å². The first-order valence-corrected chi connectivity index (χ1v) is 7.69. The average Bonchev–Trinajstić information content (AvgIpc) is 2.72. The normalized spacial score (nSPS) is 19.3. The molecule has 0 aliphatic carbocycles. The maximum absolute atomic E-state index is 13.7. The number of urea groups is 1. The van der Waals surface area contributed by atoms with Crippen LogP contribution in [0, 0.1) is 5.82 Å². The van der Waals surface area contributed by atoms with Crippen LogP contribution in [0.25, 0.3) is 0 Å². The van der Waals surface area contributed by atoms with Crippen LogP contribution in [-0.2, 0) is 4.79 Å². The summed E-state index contributed by atoms with van der Waals surface area (Å²) in [7, 11) is 1.39. The number of hydrogen-bond acceptors (Lipinski definition) is 3. The van der Waals surface area contributed by atoms with Gasteiger partial charge in [0.05, 0.1) is 13.2 Å². The van der Waals surface area contributed by atoms with Crippen LogP contribution in [0.1, 0.15) is 37.8 Å². The molecule has 7 heteroatoms. The minimum absolute atomic E-state index is 0.153. The molecule has 0 aromatic heterocycles. The molecule has 1 heterocycles. The highest BCUT2D eigenvalue weighted by atomic mass is 19.1. The Kier molecular flexibility index (Phi) is 5.78. The lowest BCUT2D eigenvalue weighted by Gasteiger charge is -2.19. The average molecular weight is 323 g/mol. The molecule has 23 heavy (non-hydrogen) atoms. The van der Waals surface area contributed by atoms with E-state index in [2.05, 4.69) is 16.0 Å². The highest BCUT2D eigenvalue weighted by Crippen LogP contribution is 2.21. The number of nitrogens with one attached hydrogen (secondary N) is 3. The third-order valence-corrected chi connectivity index (χ3v) is 3.86. The number of carbonyl (C=O) groups excluding carboxylic acids is 2. The Morgan fingerprint density at radius 2 is 2.22 bits per heavy atom. The molecule has 3 N–H and O–H groups in total. The minimum Gasteiger partial charge on any atom is -0.494 e. The molecule has 0 radical (unpaired) electrons. The standard InChI is InChI=1S/C16H22FN3O3/c1-10(11-6-7-14(23-2)12(17)9-11)19-16(22)20-13-5-3-4-8-18-15(13)21/h6-7,9-10,13H,3-5,8H2,1-2H3,(H,18,21)(H2,19,20,22). The Morgan fingerprint density at radius 3 is 2.91 bits per heavy atom. The summed E-state index contributed by atoms with van der Waals surface area (Å²) in [6.07, 6.45) is 2.40. The van der Waals surface area contributed by atoms with Gasteiger partial charge < -0.3 is 20.7 Å². The van der Waals surface area contributed by atoms with Crippen molar-refractivity contribution in [1.29, 1.82) is 0 Å². The molecule has 2 atom stereocenters. The van der Waals surface area contributed by atoms with E-state index in [1.54, 1.807) is 13.0 Å². The lowest BCUT2D eigenvalue weighted by molar-refractivity contribution is -0.122. The van der Waals surface area contributed by atoms with Crippen LogP contribution < -0.4 is 20.7 Å². The predicted molar refractivity (Wildman–Crippen MR) is 83.7 cm³/mol. The van der Waals surface area contributed by atoms with Crippen molar-refractivity contribution in [3.8, 4) is 5.75 Å². The van der Waals surface area contributed by atoms with E-state index < -0.39 is 23.9 Å². The van der Waals surface area contributed by atoms with E-state index in [0.29, 0.717) is 18.5 Å². The Bertz CT molecular complexity index is 580. The number of methoxy groups -OCH3 is 1. The zero-order valence-electron chi connectivity index (χ0n) is 13.3. The van der Waals surface area contributed by atoms with Crippen molar-refractivity contribution in [3.05, 3.63) is 29.6 Å². The number of hydrogen-bond donors (Lipinski definition) is 3. The first-order chi connectivity index (χ1) is 11.0. The van der Waals surface area contributed by atoms with Crippen molar-refractivity contribution in [2.75, 3.05) is 13.7 Å². The topological polar surface area (TPSA) is 79.5 Å². The summed E-state index contributed by atoms with van der Waals surface area (Å²) in [5, 5.41) is 8.14. The Hall–Kier alpha value is -2.31. The van der Waals surface area contributed by atoms with Gasteiger partial charge in [0.2, 0.25) is 5.91 Å². The van der Waals surface area contributed by atoms with Crippen LogP contribution in [0.2, 0.25) is 0 Å². The number of ether oxygens (including phenoxy) is 1. The molecule has 0 bridgehead atoms. The van der Waals surface area contributed by atoms with Gasteiger partial charge in [0, 0.05) is 6.54 Å². The molecule has 1 saturated heterocycles. The van der Waals surface area contributed by atoms with Crippen molar-refractivity contribution in [1.82, 2.24) is 16.0 Å². The fraction of sp³-hybridized carbons (Fsp3) is 0.500. The maximum atomic E-state index is 13.7. The SMILES string of the molecule is COc1ccc(C(C)NC(=O)NC2CCCCNC2=O)cc1F. The molecule has 2 rings (SSSR count). The smallest absolute Gasteiger partial charge is 0.315 e. The predicted octanol–water partition coefficient (Wildman–Crippen LogP) is 1.86. The molecule has 1 aliphatic heterocycles. The molecule has 1 aliphatic rings. The van der Waals surface area contributed by atoms with Crippen LogP contribution in [0.15, 0.2) is 18.2 Å². The van der Waals surface area contributed by atoms with Gasteiger partial charge in [0.1, 0.15) is 6.04 Å². The van der Waals surface area contributed by atoms with Gasteiger partial charge in [-0.05, 0) is 43.9 Å². The Balaban J connectivity index is 1.93. The first kappa shape index (κ1) is 17.1. The van der Waals surface area contributed by atoms with Crippen molar-refractivity contribution in [2.45, 2.75) is 38.3 Å². The fourth-order valence-corrected chi connectivity index (χ4v) is 2.51. The largest absolute Gasteiger partial charge is 0.494 e. The van der Waals surface area contributed by atoms with E-state index in [4.69, 9.17) is 4.74 Å². The van der Waals surface area contributed by atoms with E-state index in [1.165, 1.54) is 19.2 Å². The van der Waals surface area contributed by atoms with Gasteiger partial charge in [-0.3, -0.25) is 4.79 Å². The Labute approximate surface area is 134 Å². The lowest BCUT2D eigenvalue weighted by Crippen LogP contribution is -2.49. The summed E-state index contributed by atoms with van der Waals surface area (Å²) in [4.78, 5) is 23.8. The van der Waals surface area contributed by atoms with Crippen molar-refractivity contribution in [2.24, 2.45) is 0 Å². The monoisotopic (exact) mass is 323 g/mol. The number of benzene rings is 1. The Morgan fingerprint density at radius 1 is 1.43 bits per heavy atom. The molecule has 1 aromatic rings.